The molecule has 26 heavy (non-hydrogen) atoms. The van der Waals surface area contributed by atoms with Gasteiger partial charge in [-0.2, -0.15) is 0 Å². The zero-order chi connectivity index (χ0) is 18.5. The molecule has 1 aliphatic carbocycles. The second-order valence-corrected chi connectivity index (χ2v) is 6.44. The fourth-order valence-electron chi connectivity index (χ4n) is 2.53. The fourth-order valence-corrected chi connectivity index (χ4v) is 2.53. The number of anilines is 3. The van der Waals surface area contributed by atoms with Gasteiger partial charge < -0.3 is 16.0 Å². The summed E-state index contributed by atoms with van der Waals surface area (Å²) in [5.41, 5.74) is 2.96. The molecule has 3 rings (SSSR count). The Morgan fingerprint density at radius 3 is 1.85 bits per heavy atom. The van der Waals surface area contributed by atoms with Crippen LogP contribution in [0.15, 0.2) is 48.5 Å². The monoisotopic (exact) mass is 351 g/mol. The molecule has 0 atom stereocenters. The topological polar surface area (TPSA) is 87.3 Å². The Balaban J connectivity index is 1.51. The van der Waals surface area contributed by atoms with Crippen LogP contribution >= 0.6 is 0 Å². The Kier molecular flexibility index (Phi) is 5.31. The molecule has 0 spiro atoms. The highest BCUT2D eigenvalue weighted by Crippen LogP contribution is 2.30. The number of hydrogen-bond donors (Lipinski definition) is 3. The first-order valence-corrected chi connectivity index (χ1v) is 8.57. The predicted molar refractivity (Wildman–Crippen MR) is 101 cm³/mol. The van der Waals surface area contributed by atoms with Gasteiger partial charge in [0.05, 0.1) is 6.42 Å². The van der Waals surface area contributed by atoms with Crippen LogP contribution in [0.4, 0.5) is 17.1 Å². The van der Waals surface area contributed by atoms with E-state index >= 15 is 0 Å². The van der Waals surface area contributed by atoms with Gasteiger partial charge in [0.25, 0.3) is 0 Å². The molecule has 1 saturated carbocycles. The molecule has 2 aromatic carbocycles. The Morgan fingerprint density at radius 2 is 1.31 bits per heavy atom. The van der Waals surface area contributed by atoms with E-state index in [4.69, 9.17) is 0 Å². The van der Waals surface area contributed by atoms with Crippen LogP contribution in [-0.2, 0) is 20.8 Å². The summed E-state index contributed by atoms with van der Waals surface area (Å²) in [6.45, 7) is 1.45. The van der Waals surface area contributed by atoms with Crippen molar-refractivity contribution >= 4 is 34.8 Å². The Hall–Kier alpha value is -3.15. The van der Waals surface area contributed by atoms with Crippen LogP contribution in [0.2, 0.25) is 0 Å². The Morgan fingerprint density at radius 1 is 0.808 bits per heavy atom. The average molecular weight is 351 g/mol. The number of carbonyl (C=O) groups excluding carboxylic acids is 3. The van der Waals surface area contributed by atoms with Gasteiger partial charge >= 0.3 is 0 Å². The number of hydrogen-bond acceptors (Lipinski definition) is 3. The maximum absolute atomic E-state index is 12.2. The lowest BCUT2D eigenvalue weighted by molar-refractivity contribution is -0.117. The molecule has 2 aromatic rings. The number of nitrogens with one attached hydrogen (secondary N) is 3. The first kappa shape index (κ1) is 17.7. The van der Waals surface area contributed by atoms with E-state index in [2.05, 4.69) is 16.0 Å². The summed E-state index contributed by atoms with van der Waals surface area (Å²) in [6, 6.07) is 14.2. The summed E-state index contributed by atoms with van der Waals surface area (Å²) in [4.78, 5) is 34.9. The van der Waals surface area contributed by atoms with Crippen molar-refractivity contribution in [3.8, 4) is 0 Å². The van der Waals surface area contributed by atoms with Gasteiger partial charge in [-0.05, 0) is 54.8 Å². The Labute approximate surface area is 152 Å². The summed E-state index contributed by atoms with van der Waals surface area (Å²) in [7, 11) is 0. The predicted octanol–water partition coefficient (Wildman–Crippen LogP) is 3.17. The largest absolute Gasteiger partial charge is 0.326 e. The van der Waals surface area contributed by atoms with Crippen LogP contribution in [0.25, 0.3) is 0 Å². The van der Waals surface area contributed by atoms with E-state index in [0.29, 0.717) is 11.4 Å². The van der Waals surface area contributed by atoms with E-state index in [0.717, 1.165) is 24.1 Å². The van der Waals surface area contributed by atoms with Crippen LogP contribution in [0.3, 0.4) is 0 Å². The van der Waals surface area contributed by atoms with Crippen LogP contribution in [0.1, 0.15) is 25.3 Å². The van der Waals surface area contributed by atoms with Crippen LogP contribution in [0.5, 0.6) is 0 Å². The standard InChI is InChI=1S/C20H21N3O3/c1-13(24)21-16-6-2-14(3-7-16)12-19(25)22-17-8-10-18(11-9-17)23-20(26)15-4-5-15/h2-3,6-11,15H,4-5,12H2,1H3,(H,21,24)(H,22,25)(H,23,26). The number of amides is 3. The highest BCUT2D eigenvalue weighted by molar-refractivity contribution is 5.95. The molecule has 3 N–H and O–H groups in total. The zero-order valence-electron chi connectivity index (χ0n) is 14.5. The lowest BCUT2D eigenvalue weighted by Crippen LogP contribution is -2.15. The van der Waals surface area contributed by atoms with Gasteiger partial charge in [0.2, 0.25) is 17.7 Å². The smallest absolute Gasteiger partial charge is 0.228 e. The molecule has 0 saturated heterocycles. The summed E-state index contributed by atoms with van der Waals surface area (Å²) >= 11 is 0. The van der Waals surface area contributed by atoms with Crippen molar-refractivity contribution in [2.75, 3.05) is 16.0 Å². The minimum absolute atomic E-state index is 0.0597. The van der Waals surface area contributed by atoms with Crippen molar-refractivity contribution in [1.82, 2.24) is 0 Å². The molecule has 0 aromatic heterocycles. The second kappa shape index (κ2) is 7.82. The number of benzene rings is 2. The van der Waals surface area contributed by atoms with Crippen molar-refractivity contribution in [3.63, 3.8) is 0 Å². The van der Waals surface area contributed by atoms with Gasteiger partial charge in [-0.25, -0.2) is 0 Å². The van der Waals surface area contributed by atoms with Crippen molar-refractivity contribution < 1.29 is 14.4 Å². The lowest BCUT2D eigenvalue weighted by atomic mass is 10.1. The molecule has 1 aliphatic rings. The Bertz CT molecular complexity index is 809. The molecule has 3 amide bonds. The maximum atomic E-state index is 12.2. The van der Waals surface area contributed by atoms with Crippen LogP contribution in [0, 0.1) is 5.92 Å². The van der Waals surface area contributed by atoms with Gasteiger partial charge in [-0.1, -0.05) is 12.1 Å². The quantitative estimate of drug-likeness (QED) is 0.747. The maximum Gasteiger partial charge on any atom is 0.228 e. The summed E-state index contributed by atoms with van der Waals surface area (Å²) in [5, 5.41) is 8.38. The van der Waals surface area contributed by atoms with Crippen molar-refractivity contribution in [2.45, 2.75) is 26.2 Å². The van der Waals surface area contributed by atoms with Crippen LogP contribution < -0.4 is 16.0 Å². The minimum Gasteiger partial charge on any atom is -0.326 e. The van der Waals surface area contributed by atoms with E-state index in [1.165, 1.54) is 6.92 Å². The highest BCUT2D eigenvalue weighted by Gasteiger charge is 2.29. The minimum atomic E-state index is -0.132. The molecule has 6 nitrogen and oxygen atoms in total. The van der Waals surface area contributed by atoms with Gasteiger partial charge in [-0.15, -0.1) is 0 Å². The van der Waals surface area contributed by atoms with Crippen LogP contribution in [-0.4, -0.2) is 17.7 Å². The third kappa shape index (κ3) is 5.17. The van der Waals surface area contributed by atoms with Gasteiger partial charge in [0.15, 0.2) is 0 Å². The van der Waals surface area contributed by atoms with E-state index in [1.807, 2.05) is 0 Å². The molecular weight excluding hydrogens is 330 g/mol. The molecular formula is C20H21N3O3. The molecule has 134 valence electrons. The van der Waals surface area contributed by atoms with Crippen molar-refractivity contribution in [3.05, 3.63) is 54.1 Å². The summed E-state index contributed by atoms with van der Waals surface area (Å²) in [5.74, 6) is -0.0461. The van der Waals surface area contributed by atoms with Crippen molar-refractivity contribution in [2.24, 2.45) is 5.92 Å². The van der Waals surface area contributed by atoms with Gasteiger partial charge in [0, 0.05) is 29.9 Å². The first-order valence-electron chi connectivity index (χ1n) is 8.57. The molecule has 0 unspecified atom stereocenters. The summed E-state index contributed by atoms with van der Waals surface area (Å²) in [6.07, 6.45) is 2.16. The highest BCUT2D eigenvalue weighted by atomic mass is 16.2. The van der Waals surface area contributed by atoms with E-state index in [9.17, 15) is 14.4 Å². The molecule has 0 radical (unpaired) electrons. The van der Waals surface area contributed by atoms with Crippen molar-refractivity contribution in [1.29, 1.82) is 0 Å². The molecule has 0 aliphatic heterocycles. The molecule has 0 bridgehead atoms. The first-order chi connectivity index (χ1) is 12.5. The van der Waals surface area contributed by atoms with Gasteiger partial charge in [0.1, 0.15) is 0 Å². The molecule has 1 fully saturated rings. The third-order valence-electron chi connectivity index (χ3n) is 4.02. The zero-order valence-corrected chi connectivity index (χ0v) is 14.5. The fraction of sp³-hybridized carbons (Fsp3) is 0.250. The third-order valence-corrected chi connectivity index (χ3v) is 4.02. The number of rotatable bonds is 6. The second-order valence-electron chi connectivity index (χ2n) is 6.44. The molecule has 6 heteroatoms. The number of carbonyl (C=O) groups is 3. The lowest BCUT2D eigenvalue weighted by Gasteiger charge is -2.08. The SMILES string of the molecule is CC(=O)Nc1ccc(CC(=O)Nc2ccc(NC(=O)C3CC3)cc2)cc1. The summed E-state index contributed by atoms with van der Waals surface area (Å²) < 4.78 is 0. The normalized spacial score (nSPS) is 13.0. The molecule has 0 heterocycles. The van der Waals surface area contributed by atoms with Gasteiger partial charge in [-0.3, -0.25) is 14.4 Å². The van der Waals surface area contributed by atoms with E-state index < -0.39 is 0 Å². The van der Waals surface area contributed by atoms with E-state index in [1.54, 1.807) is 48.5 Å². The average Bonchev–Trinajstić information content (AvgIpc) is 3.43. The van der Waals surface area contributed by atoms with E-state index in [-0.39, 0.29) is 30.1 Å².